The molecule has 0 amide bonds. The molecule has 7 nitrogen and oxygen atoms in total. The van der Waals surface area contributed by atoms with Crippen LogP contribution in [0.3, 0.4) is 0 Å². The van der Waals surface area contributed by atoms with Gasteiger partial charge in [-0.15, -0.1) is 4.98 Å². The molecular weight excluding hydrogens is 479 g/mol. The van der Waals surface area contributed by atoms with Crippen molar-refractivity contribution in [2.45, 2.75) is 25.9 Å². The fourth-order valence-corrected chi connectivity index (χ4v) is 5.38. The molecule has 1 fully saturated rings. The fraction of sp³-hybridized carbons (Fsp3) is 0.267. The number of hydrogen-bond acceptors (Lipinski definition) is 5. The van der Waals surface area contributed by atoms with Gasteiger partial charge in [-0.25, -0.2) is 4.39 Å². The summed E-state index contributed by atoms with van der Waals surface area (Å²) in [7, 11) is 1.61. The van der Waals surface area contributed by atoms with E-state index >= 15 is 0 Å². The van der Waals surface area contributed by atoms with Crippen LogP contribution in [-0.2, 0) is 7.05 Å². The molecular formula is C30H27FN6O. The number of hydrogen-bond donors (Lipinski definition) is 0. The number of halogens is 1. The van der Waals surface area contributed by atoms with E-state index in [1.807, 2.05) is 24.0 Å². The molecule has 4 aromatic rings. The minimum Gasteiger partial charge on any atom is -0.364 e. The van der Waals surface area contributed by atoms with Gasteiger partial charge in [0.1, 0.15) is 23.1 Å². The largest absolute Gasteiger partial charge is 0.364 e. The average molecular weight is 507 g/mol. The molecule has 3 heterocycles. The Morgan fingerprint density at radius 3 is 2.34 bits per heavy atom. The number of aromatic nitrogens is 2. The Hall–Kier alpha value is -4.53. The molecule has 0 radical (unpaired) electrons. The van der Waals surface area contributed by atoms with Gasteiger partial charge in [-0.3, -0.25) is 9.69 Å². The minimum absolute atomic E-state index is 0.0230. The van der Waals surface area contributed by atoms with E-state index in [-0.39, 0.29) is 34.8 Å². The third-order valence-electron chi connectivity index (χ3n) is 7.33. The van der Waals surface area contributed by atoms with Crippen LogP contribution in [0.4, 0.5) is 15.9 Å². The van der Waals surface area contributed by atoms with Crippen LogP contribution in [0.1, 0.15) is 35.2 Å². The molecule has 5 rings (SSSR count). The Balaban J connectivity index is 1.56. The zero-order valence-electron chi connectivity index (χ0n) is 21.5. The van der Waals surface area contributed by atoms with E-state index in [1.165, 1.54) is 16.7 Å². The second-order valence-electron chi connectivity index (χ2n) is 9.75. The predicted octanol–water partition coefficient (Wildman–Crippen LogP) is 5.10. The van der Waals surface area contributed by atoms with Crippen LogP contribution < -0.4 is 10.5 Å². The maximum absolute atomic E-state index is 13.8. The van der Waals surface area contributed by atoms with Crippen molar-refractivity contribution in [1.29, 1.82) is 5.26 Å². The molecule has 2 atom stereocenters. The highest BCUT2D eigenvalue weighted by Gasteiger charge is 2.34. The number of nitrogens with zero attached hydrogens (tertiary/aromatic N) is 6. The third-order valence-corrected chi connectivity index (χ3v) is 7.33. The molecule has 0 bridgehead atoms. The Labute approximate surface area is 220 Å². The molecule has 8 heteroatoms. The molecule has 38 heavy (non-hydrogen) atoms. The first-order chi connectivity index (χ1) is 18.3. The first-order valence-electron chi connectivity index (χ1n) is 12.5. The summed E-state index contributed by atoms with van der Waals surface area (Å²) < 4.78 is 15.2. The highest BCUT2D eigenvalue weighted by Crippen LogP contribution is 2.35. The highest BCUT2D eigenvalue weighted by atomic mass is 19.1. The van der Waals surface area contributed by atoms with E-state index in [0.717, 1.165) is 16.7 Å². The lowest BCUT2D eigenvalue weighted by molar-refractivity contribution is 0.150. The first-order valence-corrected chi connectivity index (χ1v) is 12.5. The number of anilines is 1. The zero-order valence-corrected chi connectivity index (χ0v) is 21.5. The number of nitriles is 1. The van der Waals surface area contributed by atoms with E-state index in [1.54, 1.807) is 19.2 Å². The van der Waals surface area contributed by atoms with Crippen LogP contribution in [0.25, 0.3) is 15.9 Å². The summed E-state index contributed by atoms with van der Waals surface area (Å²) in [6.45, 7) is 13.3. The maximum atomic E-state index is 13.8. The van der Waals surface area contributed by atoms with E-state index in [9.17, 15) is 14.4 Å². The molecule has 2 aromatic heterocycles. The summed E-state index contributed by atoms with van der Waals surface area (Å²) in [5.41, 5.74) is 4.46. The normalized spacial score (nSPS) is 16.7. The van der Waals surface area contributed by atoms with E-state index in [4.69, 9.17) is 6.57 Å². The second-order valence-corrected chi connectivity index (χ2v) is 9.75. The van der Waals surface area contributed by atoms with Gasteiger partial charge in [0.05, 0.1) is 11.6 Å². The molecule has 190 valence electrons. The van der Waals surface area contributed by atoms with Crippen LogP contribution in [0.15, 0.2) is 65.5 Å². The summed E-state index contributed by atoms with van der Waals surface area (Å²) in [4.78, 5) is 25.5. The molecule has 1 unspecified atom stereocenters. The van der Waals surface area contributed by atoms with Gasteiger partial charge in [0.15, 0.2) is 0 Å². The number of fused-ring (bicyclic) bond motifs is 1. The molecule has 0 N–H and O–H groups in total. The Bertz CT molecular complexity index is 1600. The first kappa shape index (κ1) is 25.1. The molecule has 1 aliphatic heterocycles. The Kier molecular flexibility index (Phi) is 6.67. The summed E-state index contributed by atoms with van der Waals surface area (Å²) in [5, 5.41) is 9.97. The standard InChI is InChI=1S/C30H27FN6O/c1-19-5-7-21(8-6-19)28(22-9-11-23(31)12-10-22)37-16-15-36(18-20(37)2)29-24(17-32)30(38)35(4)25-13-14-26(33-3)34-27(25)29/h5-14,20,28H,15-16,18H2,1-2,4H3/t20-,28?/m1/s1. The van der Waals surface area contributed by atoms with Crippen LogP contribution >= 0.6 is 0 Å². The molecule has 0 spiro atoms. The molecule has 1 saturated heterocycles. The lowest BCUT2D eigenvalue weighted by atomic mass is 9.94. The van der Waals surface area contributed by atoms with Crippen molar-refractivity contribution in [1.82, 2.24) is 14.5 Å². The Morgan fingerprint density at radius 1 is 1.08 bits per heavy atom. The molecule has 0 aliphatic carbocycles. The average Bonchev–Trinajstić information content (AvgIpc) is 2.93. The lowest BCUT2D eigenvalue weighted by Gasteiger charge is -2.45. The summed E-state index contributed by atoms with van der Waals surface area (Å²) in [5.74, 6) is -0.0640. The van der Waals surface area contributed by atoms with Crippen molar-refractivity contribution in [2.24, 2.45) is 7.05 Å². The topological polar surface area (TPSA) is 69.5 Å². The van der Waals surface area contributed by atoms with Gasteiger partial charge in [0, 0.05) is 32.7 Å². The van der Waals surface area contributed by atoms with Crippen molar-refractivity contribution in [3.8, 4) is 6.07 Å². The molecule has 0 saturated carbocycles. The van der Waals surface area contributed by atoms with Crippen LogP contribution in [0.2, 0.25) is 0 Å². The summed E-state index contributed by atoms with van der Waals surface area (Å²) >= 11 is 0. The number of rotatable bonds is 4. The van der Waals surface area contributed by atoms with Crippen LogP contribution in [0.5, 0.6) is 0 Å². The fourth-order valence-electron chi connectivity index (χ4n) is 5.38. The minimum atomic E-state index is -0.383. The zero-order chi connectivity index (χ0) is 27.0. The van der Waals surface area contributed by atoms with Gasteiger partial charge in [-0.2, -0.15) is 5.26 Å². The van der Waals surface area contributed by atoms with Gasteiger partial charge < -0.3 is 14.3 Å². The van der Waals surface area contributed by atoms with Crippen molar-refractivity contribution >= 4 is 22.5 Å². The van der Waals surface area contributed by atoms with Crippen molar-refractivity contribution < 1.29 is 4.39 Å². The maximum Gasteiger partial charge on any atom is 0.271 e. The second kappa shape index (κ2) is 10.1. The highest BCUT2D eigenvalue weighted by molar-refractivity contribution is 5.92. The number of pyridine rings is 2. The molecule has 2 aromatic carbocycles. The van der Waals surface area contributed by atoms with Crippen LogP contribution in [-0.4, -0.2) is 40.1 Å². The van der Waals surface area contributed by atoms with Gasteiger partial charge in [-0.1, -0.05) is 48.5 Å². The van der Waals surface area contributed by atoms with E-state index in [2.05, 4.69) is 52.0 Å². The quantitative estimate of drug-likeness (QED) is 0.360. The van der Waals surface area contributed by atoms with E-state index < -0.39 is 0 Å². The SMILES string of the molecule is [C-]#[N+]c1ccc2c(n1)c(N1CCN(C(c3ccc(C)cc3)c3ccc(F)cc3)[C@H](C)C1)c(C#N)c(=O)n2C. The van der Waals surface area contributed by atoms with Gasteiger partial charge in [0.25, 0.3) is 11.4 Å². The third kappa shape index (κ3) is 4.40. The summed E-state index contributed by atoms with van der Waals surface area (Å²) in [6, 6.07) is 20.4. The number of aryl methyl sites for hydroxylation is 2. The van der Waals surface area contributed by atoms with Crippen molar-refractivity contribution in [3.63, 3.8) is 0 Å². The Morgan fingerprint density at radius 2 is 1.74 bits per heavy atom. The van der Waals surface area contributed by atoms with E-state index in [0.29, 0.717) is 36.4 Å². The smallest absolute Gasteiger partial charge is 0.271 e. The predicted molar refractivity (Wildman–Crippen MR) is 146 cm³/mol. The van der Waals surface area contributed by atoms with Gasteiger partial charge in [-0.05, 0) is 49.2 Å². The molecule has 1 aliphatic rings. The number of benzene rings is 2. The van der Waals surface area contributed by atoms with Gasteiger partial charge >= 0.3 is 0 Å². The summed E-state index contributed by atoms with van der Waals surface area (Å²) in [6.07, 6.45) is 0. The lowest BCUT2D eigenvalue weighted by Crippen LogP contribution is -2.53. The van der Waals surface area contributed by atoms with Crippen molar-refractivity contribution in [3.05, 3.63) is 111 Å². The van der Waals surface area contributed by atoms with Gasteiger partial charge in [0.2, 0.25) is 5.52 Å². The van der Waals surface area contributed by atoms with Crippen molar-refractivity contribution in [2.75, 3.05) is 24.5 Å². The number of piperazine rings is 1. The van der Waals surface area contributed by atoms with Crippen LogP contribution in [0, 0.1) is 30.6 Å². The monoisotopic (exact) mass is 506 g/mol.